The normalized spacial score (nSPS) is 11.4. The van der Waals surface area contributed by atoms with Crippen LogP contribution >= 0.6 is 0 Å². The number of hydrogen-bond donors (Lipinski definition) is 1. The van der Waals surface area contributed by atoms with Gasteiger partial charge in [0.15, 0.2) is 0 Å². The molecule has 2 aromatic rings. The van der Waals surface area contributed by atoms with Crippen molar-refractivity contribution < 1.29 is 22.3 Å². The average Bonchev–Trinajstić information content (AvgIpc) is 2.28. The number of nitrogens with two attached hydrogens (primary N) is 1. The van der Waals surface area contributed by atoms with Gasteiger partial charge in [-0.05, 0) is 24.3 Å². The molecule has 0 atom stereocenters. The Bertz CT molecular complexity index is 595. The van der Waals surface area contributed by atoms with Gasteiger partial charge in [-0.3, -0.25) is 0 Å². The quantitative estimate of drug-likeness (QED) is 0.662. The van der Waals surface area contributed by atoms with Crippen molar-refractivity contribution >= 4 is 5.69 Å². The second-order valence-electron chi connectivity index (χ2n) is 3.78. The van der Waals surface area contributed by atoms with Crippen molar-refractivity contribution in [2.75, 3.05) is 5.73 Å². The van der Waals surface area contributed by atoms with Gasteiger partial charge in [0.25, 0.3) is 0 Å². The van der Waals surface area contributed by atoms with Gasteiger partial charge in [-0.25, -0.2) is 4.39 Å². The number of halogens is 4. The zero-order valence-corrected chi connectivity index (χ0v) is 9.54. The van der Waals surface area contributed by atoms with Crippen LogP contribution in [0.2, 0.25) is 0 Å². The average molecular weight is 271 g/mol. The first-order valence-electron chi connectivity index (χ1n) is 5.27. The number of benzene rings is 2. The highest BCUT2D eigenvalue weighted by Crippen LogP contribution is 2.35. The van der Waals surface area contributed by atoms with Crippen LogP contribution in [0.1, 0.15) is 0 Å². The minimum Gasteiger partial charge on any atom is -0.405 e. The number of anilines is 1. The van der Waals surface area contributed by atoms with Gasteiger partial charge in [0, 0.05) is 16.8 Å². The van der Waals surface area contributed by atoms with Gasteiger partial charge in [-0.2, -0.15) is 0 Å². The van der Waals surface area contributed by atoms with Crippen molar-refractivity contribution in [3.05, 3.63) is 48.3 Å². The molecule has 2 rings (SSSR count). The number of rotatable bonds is 2. The zero-order chi connectivity index (χ0) is 14.0. The molecule has 0 unspecified atom stereocenters. The van der Waals surface area contributed by atoms with E-state index in [1.165, 1.54) is 30.3 Å². The molecule has 0 saturated heterocycles. The number of alkyl halides is 3. The Kier molecular flexibility index (Phi) is 3.33. The smallest absolute Gasteiger partial charge is 0.405 e. The highest BCUT2D eigenvalue weighted by Gasteiger charge is 2.32. The summed E-state index contributed by atoms with van der Waals surface area (Å²) in [6, 6.07) is 9.09. The summed E-state index contributed by atoms with van der Waals surface area (Å²) in [5.41, 5.74) is 5.59. The van der Waals surface area contributed by atoms with Crippen LogP contribution in [0.4, 0.5) is 23.2 Å². The Balaban J connectivity index is 2.50. The van der Waals surface area contributed by atoms with Gasteiger partial charge in [0.05, 0.1) is 0 Å². The first-order valence-corrected chi connectivity index (χ1v) is 5.27. The predicted molar refractivity (Wildman–Crippen MR) is 62.9 cm³/mol. The summed E-state index contributed by atoms with van der Waals surface area (Å²) < 4.78 is 54.4. The molecular weight excluding hydrogens is 262 g/mol. The standard InChI is InChI=1S/C13H9F4NO/c14-11-7-8(18)5-6-9(11)10-3-1-2-4-12(10)19-13(15,16)17/h1-7H,18H2. The van der Waals surface area contributed by atoms with E-state index in [1.807, 2.05) is 0 Å². The maximum atomic E-state index is 13.7. The second-order valence-corrected chi connectivity index (χ2v) is 3.78. The fraction of sp³-hybridized carbons (Fsp3) is 0.0769. The SMILES string of the molecule is Nc1ccc(-c2ccccc2OC(F)(F)F)c(F)c1. The summed E-state index contributed by atoms with van der Waals surface area (Å²) in [4.78, 5) is 0. The van der Waals surface area contributed by atoms with E-state index in [4.69, 9.17) is 5.73 Å². The van der Waals surface area contributed by atoms with Crippen LogP contribution in [0, 0.1) is 5.82 Å². The fourth-order valence-corrected chi connectivity index (χ4v) is 1.65. The van der Waals surface area contributed by atoms with E-state index in [2.05, 4.69) is 4.74 Å². The third-order valence-electron chi connectivity index (χ3n) is 2.40. The summed E-state index contributed by atoms with van der Waals surface area (Å²) in [6.07, 6.45) is -4.83. The third-order valence-corrected chi connectivity index (χ3v) is 2.40. The van der Waals surface area contributed by atoms with Gasteiger partial charge >= 0.3 is 6.36 Å². The molecular formula is C13H9F4NO. The molecule has 0 heterocycles. The Hall–Kier alpha value is -2.24. The van der Waals surface area contributed by atoms with Crippen LogP contribution in [0.25, 0.3) is 11.1 Å². The lowest BCUT2D eigenvalue weighted by Gasteiger charge is -2.13. The largest absolute Gasteiger partial charge is 0.573 e. The van der Waals surface area contributed by atoms with Gasteiger partial charge < -0.3 is 10.5 Å². The van der Waals surface area contributed by atoms with Crippen LogP contribution in [0.3, 0.4) is 0 Å². The number of ether oxygens (including phenoxy) is 1. The van der Waals surface area contributed by atoms with E-state index in [0.717, 1.165) is 12.1 Å². The molecule has 0 aromatic heterocycles. The summed E-state index contributed by atoms with van der Waals surface area (Å²) in [5, 5.41) is 0. The summed E-state index contributed by atoms with van der Waals surface area (Å²) in [5.74, 6) is -1.17. The molecule has 0 bridgehead atoms. The molecule has 0 spiro atoms. The van der Waals surface area contributed by atoms with E-state index in [9.17, 15) is 17.6 Å². The second kappa shape index (κ2) is 4.79. The summed E-state index contributed by atoms with van der Waals surface area (Å²) in [6.45, 7) is 0. The molecule has 2 N–H and O–H groups in total. The minimum absolute atomic E-state index is 0.00551. The van der Waals surface area contributed by atoms with E-state index in [1.54, 1.807) is 0 Å². The molecule has 6 heteroatoms. The van der Waals surface area contributed by atoms with Crippen LogP contribution in [0.15, 0.2) is 42.5 Å². The van der Waals surface area contributed by atoms with E-state index in [0.29, 0.717) is 0 Å². The van der Waals surface area contributed by atoms with Crippen molar-refractivity contribution in [2.24, 2.45) is 0 Å². The van der Waals surface area contributed by atoms with Crippen LogP contribution in [0.5, 0.6) is 5.75 Å². The fourth-order valence-electron chi connectivity index (χ4n) is 1.65. The summed E-state index contributed by atoms with van der Waals surface area (Å²) in [7, 11) is 0. The highest BCUT2D eigenvalue weighted by molar-refractivity contribution is 5.72. The molecule has 2 nitrogen and oxygen atoms in total. The first-order chi connectivity index (χ1) is 8.87. The number of nitrogen functional groups attached to an aromatic ring is 1. The first kappa shape index (κ1) is 13.2. The van der Waals surface area contributed by atoms with Crippen molar-refractivity contribution in [3.8, 4) is 16.9 Å². The lowest BCUT2D eigenvalue weighted by Crippen LogP contribution is -2.17. The highest BCUT2D eigenvalue weighted by atomic mass is 19.4. The topological polar surface area (TPSA) is 35.2 Å². The van der Waals surface area contributed by atoms with Crippen molar-refractivity contribution in [1.29, 1.82) is 0 Å². The van der Waals surface area contributed by atoms with Crippen molar-refractivity contribution in [2.45, 2.75) is 6.36 Å². The molecule has 100 valence electrons. The predicted octanol–water partition coefficient (Wildman–Crippen LogP) is 3.97. The van der Waals surface area contributed by atoms with Gasteiger partial charge in [-0.1, -0.05) is 18.2 Å². The lowest BCUT2D eigenvalue weighted by molar-refractivity contribution is -0.274. The van der Waals surface area contributed by atoms with Crippen molar-refractivity contribution in [1.82, 2.24) is 0 Å². The Morgan fingerprint density at radius 3 is 2.26 bits per heavy atom. The van der Waals surface area contributed by atoms with E-state index >= 15 is 0 Å². The number of para-hydroxylation sites is 1. The Labute approximate surface area is 106 Å². The maximum absolute atomic E-state index is 13.7. The third kappa shape index (κ3) is 3.15. The maximum Gasteiger partial charge on any atom is 0.573 e. The molecule has 2 aromatic carbocycles. The van der Waals surface area contributed by atoms with E-state index < -0.39 is 17.9 Å². The van der Waals surface area contributed by atoms with Crippen molar-refractivity contribution in [3.63, 3.8) is 0 Å². The Morgan fingerprint density at radius 1 is 0.947 bits per heavy atom. The van der Waals surface area contributed by atoms with Crippen LogP contribution < -0.4 is 10.5 Å². The summed E-state index contributed by atoms with van der Waals surface area (Å²) >= 11 is 0. The monoisotopic (exact) mass is 271 g/mol. The molecule has 0 radical (unpaired) electrons. The van der Waals surface area contributed by atoms with Gasteiger partial charge in [0.2, 0.25) is 0 Å². The molecule has 0 aliphatic carbocycles. The molecule has 0 fully saturated rings. The van der Waals surface area contributed by atoms with Crippen LogP contribution in [-0.4, -0.2) is 6.36 Å². The molecule has 0 saturated carbocycles. The minimum atomic E-state index is -4.83. The molecule has 0 amide bonds. The molecule has 19 heavy (non-hydrogen) atoms. The van der Waals surface area contributed by atoms with Gasteiger partial charge in [-0.15, -0.1) is 13.2 Å². The zero-order valence-electron chi connectivity index (χ0n) is 9.54. The van der Waals surface area contributed by atoms with E-state index in [-0.39, 0.29) is 16.8 Å². The van der Waals surface area contributed by atoms with Gasteiger partial charge in [0.1, 0.15) is 11.6 Å². The Morgan fingerprint density at radius 2 is 1.63 bits per heavy atom. The molecule has 0 aliphatic rings. The molecule has 0 aliphatic heterocycles. The van der Waals surface area contributed by atoms with Crippen LogP contribution in [-0.2, 0) is 0 Å². The lowest BCUT2D eigenvalue weighted by atomic mass is 10.0. The number of hydrogen-bond acceptors (Lipinski definition) is 2.